The second-order valence-corrected chi connectivity index (χ2v) is 8.59. The summed E-state index contributed by atoms with van der Waals surface area (Å²) in [6, 6.07) is 11.2. The number of halogens is 1. The third-order valence-electron chi connectivity index (χ3n) is 5.76. The molecule has 9 heteroatoms. The van der Waals surface area contributed by atoms with Crippen LogP contribution in [-0.4, -0.2) is 41.2 Å². The molecule has 6 rings (SSSR count). The Hall–Kier alpha value is -4.66. The number of aromatic nitrogens is 7. The van der Waals surface area contributed by atoms with E-state index >= 15 is 4.39 Å². The van der Waals surface area contributed by atoms with Gasteiger partial charge in [0.05, 0.1) is 16.7 Å². The molecule has 5 heterocycles. The number of pyridine rings is 3. The molecule has 8 nitrogen and oxygen atoms in total. The van der Waals surface area contributed by atoms with E-state index in [0.717, 1.165) is 27.7 Å². The van der Waals surface area contributed by atoms with Crippen LogP contribution in [0.15, 0.2) is 67.4 Å². The standard InChI is InChI=1S/C26H21FN8/c1-14(2)31-17-9-16(12-29-13-17)19-10-20-22(11-21(19)27)34-35-24(20)26-32-23-18(5-8-30-25(23)33-26)15-3-6-28-7-4-15/h3-14,31H,1-2H3,(H,34,35)(H,30,32,33). The first-order valence-corrected chi connectivity index (χ1v) is 11.2. The highest BCUT2D eigenvalue weighted by Crippen LogP contribution is 2.34. The molecule has 0 aliphatic rings. The van der Waals surface area contributed by atoms with Crippen LogP contribution >= 0.6 is 0 Å². The lowest BCUT2D eigenvalue weighted by Crippen LogP contribution is -2.09. The Morgan fingerprint density at radius 1 is 0.914 bits per heavy atom. The molecule has 0 spiro atoms. The van der Waals surface area contributed by atoms with Gasteiger partial charge in [-0.1, -0.05) is 0 Å². The molecular formula is C26H21FN8. The quantitative estimate of drug-likeness (QED) is 0.307. The zero-order chi connectivity index (χ0) is 23.9. The number of hydrogen-bond donors (Lipinski definition) is 3. The summed E-state index contributed by atoms with van der Waals surface area (Å²) in [5, 5.41) is 11.4. The van der Waals surface area contributed by atoms with Crippen molar-refractivity contribution in [1.82, 2.24) is 35.1 Å². The minimum atomic E-state index is -0.359. The molecule has 0 unspecified atom stereocenters. The lowest BCUT2D eigenvalue weighted by Gasteiger charge is -2.11. The zero-order valence-electron chi connectivity index (χ0n) is 19.0. The molecule has 3 N–H and O–H groups in total. The molecule has 5 aromatic heterocycles. The predicted octanol–water partition coefficient (Wildman–Crippen LogP) is 5.58. The summed E-state index contributed by atoms with van der Waals surface area (Å²) in [4.78, 5) is 20.9. The average molecular weight is 465 g/mol. The maximum absolute atomic E-state index is 15.1. The smallest absolute Gasteiger partial charge is 0.178 e. The van der Waals surface area contributed by atoms with Gasteiger partial charge in [0, 0.05) is 65.2 Å². The van der Waals surface area contributed by atoms with Crippen LogP contribution in [0.2, 0.25) is 0 Å². The van der Waals surface area contributed by atoms with E-state index in [1.165, 1.54) is 6.07 Å². The molecule has 0 amide bonds. The van der Waals surface area contributed by atoms with Gasteiger partial charge in [0.15, 0.2) is 11.5 Å². The molecule has 0 aliphatic carbocycles. The summed E-state index contributed by atoms with van der Waals surface area (Å²) < 4.78 is 15.1. The van der Waals surface area contributed by atoms with Crippen molar-refractivity contribution in [3.8, 4) is 33.8 Å². The lowest BCUT2D eigenvalue weighted by molar-refractivity contribution is 0.632. The SMILES string of the molecule is CC(C)Nc1cncc(-c2cc3c(-c4nc5nccc(-c6ccncc6)c5[nH]4)n[nH]c3cc2F)c1. The monoisotopic (exact) mass is 464 g/mol. The number of nitrogens with zero attached hydrogens (tertiary/aromatic N) is 5. The van der Waals surface area contributed by atoms with Crippen molar-refractivity contribution in [2.75, 3.05) is 5.32 Å². The van der Waals surface area contributed by atoms with E-state index in [1.54, 1.807) is 37.1 Å². The lowest BCUT2D eigenvalue weighted by atomic mass is 10.0. The maximum atomic E-state index is 15.1. The molecule has 0 aliphatic heterocycles. The Kier molecular flexibility index (Phi) is 4.95. The van der Waals surface area contributed by atoms with Gasteiger partial charge in [-0.25, -0.2) is 14.4 Å². The van der Waals surface area contributed by atoms with Crippen LogP contribution in [0.4, 0.5) is 10.1 Å². The number of fused-ring (bicyclic) bond motifs is 2. The van der Waals surface area contributed by atoms with Crippen molar-refractivity contribution in [3.63, 3.8) is 0 Å². The normalized spacial score (nSPS) is 11.5. The van der Waals surface area contributed by atoms with Gasteiger partial charge in [-0.15, -0.1) is 0 Å². The second kappa shape index (κ2) is 8.28. The number of imidazole rings is 1. The highest BCUT2D eigenvalue weighted by atomic mass is 19.1. The van der Waals surface area contributed by atoms with Crippen LogP contribution in [0.3, 0.4) is 0 Å². The van der Waals surface area contributed by atoms with E-state index in [-0.39, 0.29) is 11.9 Å². The topological polar surface area (TPSA) is 108 Å². The van der Waals surface area contributed by atoms with Crippen molar-refractivity contribution in [3.05, 3.63) is 73.2 Å². The fourth-order valence-electron chi connectivity index (χ4n) is 4.23. The van der Waals surface area contributed by atoms with Crippen LogP contribution in [0, 0.1) is 5.82 Å². The predicted molar refractivity (Wildman–Crippen MR) is 134 cm³/mol. The van der Waals surface area contributed by atoms with Gasteiger partial charge in [0.1, 0.15) is 11.5 Å². The number of H-pyrrole nitrogens is 2. The number of anilines is 1. The van der Waals surface area contributed by atoms with Crippen LogP contribution in [-0.2, 0) is 0 Å². The van der Waals surface area contributed by atoms with Crippen molar-refractivity contribution in [2.24, 2.45) is 0 Å². The van der Waals surface area contributed by atoms with Crippen molar-refractivity contribution >= 4 is 27.8 Å². The third kappa shape index (κ3) is 3.76. The van der Waals surface area contributed by atoms with Crippen LogP contribution in [0.5, 0.6) is 0 Å². The van der Waals surface area contributed by atoms with Gasteiger partial charge < -0.3 is 10.3 Å². The minimum absolute atomic E-state index is 0.235. The van der Waals surface area contributed by atoms with Crippen molar-refractivity contribution < 1.29 is 4.39 Å². The molecule has 0 saturated carbocycles. The van der Waals surface area contributed by atoms with Crippen molar-refractivity contribution in [2.45, 2.75) is 19.9 Å². The van der Waals surface area contributed by atoms with E-state index < -0.39 is 0 Å². The molecule has 0 radical (unpaired) electrons. The number of aromatic amines is 2. The fourth-order valence-corrected chi connectivity index (χ4v) is 4.23. The molecule has 6 aromatic rings. The van der Waals surface area contributed by atoms with Gasteiger partial charge in [-0.3, -0.25) is 15.1 Å². The van der Waals surface area contributed by atoms with Gasteiger partial charge in [0.2, 0.25) is 0 Å². The van der Waals surface area contributed by atoms with Gasteiger partial charge in [-0.2, -0.15) is 5.10 Å². The van der Waals surface area contributed by atoms with Gasteiger partial charge in [-0.05, 0) is 49.7 Å². The summed E-state index contributed by atoms with van der Waals surface area (Å²) in [7, 11) is 0. The highest BCUT2D eigenvalue weighted by Gasteiger charge is 2.18. The van der Waals surface area contributed by atoms with Gasteiger partial charge >= 0.3 is 0 Å². The largest absolute Gasteiger partial charge is 0.382 e. The Bertz CT molecular complexity index is 1670. The molecule has 172 valence electrons. The van der Waals surface area contributed by atoms with Crippen LogP contribution in [0.1, 0.15) is 13.8 Å². The summed E-state index contributed by atoms with van der Waals surface area (Å²) in [5.41, 5.74) is 6.44. The first-order chi connectivity index (χ1) is 17.1. The van der Waals surface area contributed by atoms with E-state index in [0.29, 0.717) is 33.8 Å². The van der Waals surface area contributed by atoms with E-state index in [9.17, 15) is 0 Å². The van der Waals surface area contributed by atoms with Crippen LogP contribution < -0.4 is 5.32 Å². The molecule has 0 atom stereocenters. The van der Waals surface area contributed by atoms with E-state index in [2.05, 4.69) is 40.4 Å². The zero-order valence-corrected chi connectivity index (χ0v) is 19.0. The van der Waals surface area contributed by atoms with Crippen molar-refractivity contribution in [1.29, 1.82) is 0 Å². The van der Waals surface area contributed by atoms with Gasteiger partial charge in [0.25, 0.3) is 0 Å². The molecular weight excluding hydrogens is 443 g/mol. The molecule has 0 bridgehead atoms. The summed E-state index contributed by atoms with van der Waals surface area (Å²) >= 11 is 0. The third-order valence-corrected chi connectivity index (χ3v) is 5.76. The first-order valence-electron chi connectivity index (χ1n) is 11.2. The summed E-state index contributed by atoms with van der Waals surface area (Å²) in [5.74, 6) is 0.189. The fraction of sp³-hybridized carbons (Fsp3) is 0.115. The average Bonchev–Trinajstić information content (AvgIpc) is 3.47. The maximum Gasteiger partial charge on any atom is 0.178 e. The minimum Gasteiger partial charge on any atom is -0.382 e. The number of benzene rings is 1. The first kappa shape index (κ1) is 20.9. The molecule has 1 aromatic carbocycles. The van der Waals surface area contributed by atoms with E-state index in [4.69, 9.17) is 0 Å². The number of hydrogen-bond acceptors (Lipinski definition) is 6. The van der Waals surface area contributed by atoms with Crippen LogP contribution in [0.25, 0.3) is 55.8 Å². The van der Waals surface area contributed by atoms with E-state index in [1.807, 2.05) is 38.1 Å². The summed E-state index contributed by atoms with van der Waals surface area (Å²) in [6.45, 7) is 4.08. The Balaban J connectivity index is 1.48. The highest BCUT2D eigenvalue weighted by molar-refractivity contribution is 5.97. The Labute approximate surface area is 199 Å². The molecule has 0 fully saturated rings. The summed E-state index contributed by atoms with van der Waals surface area (Å²) in [6.07, 6.45) is 8.60. The number of rotatable bonds is 5. The number of nitrogens with one attached hydrogen (secondary N) is 3. The Morgan fingerprint density at radius 2 is 1.77 bits per heavy atom. The Morgan fingerprint density at radius 3 is 2.60 bits per heavy atom. The second-order valence-electron chi connectivity index (χ2n) is 8.59. The molecule has 0 saturated heterocycles. The molecule has 35 heavy (non-hydrogen) atoms.